The van der Waals surface area contributed by atoms with Crippen LogP contribution in [0.1, 0.15) is 37.9 Å². The third-order valence-corrected chi connectivity index (χ3v) is 2.06. The second-order valence-electron chi connectivity index (χ2n) is 3.53. The van der Waals surface area contributed by atoms with Crippen LogP contribution in [0.4, 0.5) is 0 Å². The molecule has 0 N–H and O–H groups in total. The number of hydrogen-bond donors (Lipinski definition) is 0. The highest BCUT2D eigenvalue weighted by atomic mass is 16.1. The van der Waals surface area contributed by atoms with Crippen LogP contribution >= 0.6 is 0 Å². The van der Waals surface area contributed by atoms with Crippen LogP contribution in [0.15, 0.2) is 10.9 Å². The Bertz CT molecular complexity index is 352. The molecule has 0 spiro atoms. The molecule has 3 nitrogen and oxygen atoms in total. The van der Waals surface area contributed by atoms with Crippen LogP contribution in [0.25, 0.3) is 0 Å². The second-order valence-corrected chi connectivity index (χ2v) is 3.53. The highest BCUT2D eigenvalue weighted by Crippen LogP contribution is 2.09. The molecule has 1 aromatic heterocycles. The maximum Gasteiger partial charge on any atom is 0.269 e. The first kappa shape index (κ1) is 9.96. The Balaban J connectivity index is 3.30. The predicted molar refractivity (Wildman–Crippen MR) is 53.0 cm³/mol. The minimum Gasteiger partial charge on any atom is -0.268 e. The topological polar surface area (TPSA) is 34.9 Å². The van der Waals surface area contributed by atoms with Crippen molar-refractivity contribution in [2.45, 2.75) is 40.2 Å². The van der Waals surface area contributed by atoms with Crippen LogP contribution in [0.5, 0.6) is 0 Å². The molecule has 1 aromatic rings. The van der Waals surface area contributed by atoms with Crippen molar-refractivity contribution in [2.75, 3.05) is 0 Å². The fourth-order valence-electron chi connectivity index (χ4n) is 1.20. The highest BCUT2D eigenvalue weighted by Gasteiger charge is 2.06. The van der Waals surface area contributed by atoms with E-state index in [0.29, 0.717) is 12.5 Å². The van der Waals surface area contributed by atoms with Crippen LogP contribution in [-0.4, -0.2) is 9.78 Å². The normalized spacial score (nSPS) is 10.8. The Morgan fingerprint density at radius 3 is 2.62 bits per heavy atom. The molecule has 3 heteroatoms. The lowest BCUT2D eigenvalue weighted by Gasteiger charge is -2.08. The standard InChI is InChI=1S/C10H16N2O/c1-5-12-10(13)8(4)6-9(11-12)7(2)3/h6-7H,5H2,1-4H3. The van der Waals surface area contributed by atoms with E-state index in [2.05, 4.69) is 18.9 Å². The van der Waals surface area contributed by atoms with Crippen molar-refractivity contribution in [3.63, 3.8) is 0 Å². The van der Waals surface area contributed by atoms with Crippen LogP contribution in [0, 0.1) is 6.92 Å². The molecule has 0 saturated carbocycles. The Morgan fingerprint density at radius 2 is 2.15 bits per heavy atom. The van der Waals surface area contributed by atoms with Crippen molar-refractivity contribution in [1.29, 1.82) is 0 Å². The van der Waals surface area contributed by atoms with Crippen molar-refractivity contribution in [3.05, 3.63) is 27.7 Å². The second kappa shape index (κ2) is 3.73. The Labute approximate surface area is 78.4 Å². The van der Waals surface area contributed by atoms with Gasteiger partial charge in [-0.25, -0.2) is 4.68 Å². The minimum atomic E-state index is 0.0203. The molecule has 1 heterocycles. The van der Waals surface area contributed by atoms with Crippen LogP contribution in [-0.2, 0) is 6.54 Å². The van der Waals surface area contributed by atoms with Gasteiger partial charge in [0.05, 0.1) is 5.69 Å². The zero-order valence-electron chi connectivity index (χ0n) is 8.66. The lowest BCUT2D eigenvalue weighted by atomic mass is 10.1. The van der Waals surface area contributed by atoms with E-state index in [9.17, 15) is 4.79 Å². The van der Waals surface area contributed by atoms with Gasteiger partial charge in [-0.15, -0.1) is 0 Å². The summed E-state index contributed by atoms with van der Waals surface area (Å²) >= 11 is 0. The fraction of sp³-hybridized carbons (Fsp3) is 0.600. The van der Waals surface area contributed by atoms with Gasteiger partial charge in [0.2, 0.25) is 0 Å². The molecule has 0 aliphatic carbocycles. The molecule has 1 rings (SSSR count). The first-order valence-corrected chi connectivity index (χ1v) is 4.65. The van der Waals surface area contributed by atoms with Gasteiger partial charge in [0.25, 0.3) is 5.56 Å². The number of hydrogen-bond acceptors (Lipinski definition) is 2. The quantitative estimate of drug-likeness (QED) is 0.694. The molecule has 0 aliphatic rings. The smallest absolute Gasteiger partial charge is 0.268 e. The van der Waals surface area contributed by atoms with E-state index in [1.165, 1.54) is 4.68 Å². The molecule has 0 unspecified atom stereocenters. The maximum absolute atomic E-state index is 11.5. The summed E-state index contributed by atoms with van der Waals surface area (Å²) in [6.07, 6.45) is 0. The zero-order chi connectivity index (χ0) is 10.0. The molecule has 0 bridgehead atoms. The van der Waals surface area contributed by atoms with E-state index in [-0.39, 0.29) is 5.56 Å². The van der Waals surface area contributed by atoms with Gasteiger partial charge in [0.15, 0.2) is 0 Å². The molecule has 0 amide bonds. The summed E-state index contributed by atoms with van der Waals surface area (Å²) in [5, 5.41) is 4.26. The summed E-state index contributed by atoms with van der Waals surface area (Å²) in [4.78, 5) is 11.5. The molecule has 0 aliphatic heterocycles. The zero-order valence-corrected chi connectivity index (χ0v) is 8.66. The fourth-order valence-corrected chi connectivity index (χ4v) is 1.20. The van der Waals surface area contributed by atoms with E-state index < -0.39 is 0 Å². The van der Waals surface area contributed by atoms with Crippen molar-refractivity contribution >= 4 is 0 Å². The number of nitrogens with zero attached hydrogens (tertiary/aromatic N) is 2. The molecule has 72 valence electrons. The van der Waals surface area contributed by atoms with E-state index >= 15 is 0 Å². The summed E-state index contributed by atoms with van der Waals surface area (Å²) in [5.41, 5.74) is 1.78. The monoisotopic (exact) mass is 180 g/mol. The van der Waals surface area contributed by atoms with Gasteiger partial charge in [-0.3, -0.25) is 4.79 Å². The molecule has 0 aromatic carbocycles. The lowest BCUT2D eigenvalue weighted by molar-refractivity contribution is 0.581. The average molecular weight is 180 g/mol. The Morgan fingerprint density at radius 1 is 1.54 bits per heavy atom. The van der Waals surface area contributed by atoms with E-state index in [4.69, 9.17) is 0 Å². The van der Waals surface area contributed by atoms with Crippen molar-refractivity contribution in [3.8, 4) is 0 Å². The molecular formula is C10H16N2O. The molecule has 13 heavy (non-hydrogen) atoms. The number of aryl methyl sites for hydroxylation is 2. The van der Waals surface area contributed by atoms with Crippen molar-refractivity contribution < 1.29 is 0 Å². The highest BCUT2D eigenvalue weighted by molar-refractivity contribution is 5.14. The number of aromatic nitrogens is 2. The Hall–Kier alpha value is -1.12. The average Bonchev–Trinajstić information content (AvgIpc) is 2.09. The lowest BCUT2D eigenvalue weighted by Crippen LogP contribution is -2.25. The van der Waals surface area contributed by atoms with Crippen molar-refractivity contribution in [1.82, 2.24) is 9.78 Å². The van der Waals surface area contributed by atoms with E-state index in [1.54, 1.807) is 0 Å². The van der Waals surface area contributed by atoms with Crippen LogP contribution in [0.2, 0.25) is 0 Å². The Kier molecular flexibility index (Phi) is 2.86. The summed E-state index contributed by atoms with van der Waals surface area (Å²) in [6, 6.07) is 1.87. The van der Waals surface area contributed by atoms with Gasteiger partial charge in [-0.2, -0.15) is 5.10 Å². The summed E-state index contributed by atoms with van der Waals surface area (Å²) in [6.45, 7) is 8.55. The minimum absolute atomic E-state index is 0.0203. The maximum atomic E-state index is 11.5. The van der Waals surface area contributed by atoms with Crippen molar-refractivity contribution in [2.24, 2.45) is 0 Å². The van der Waals surface area contributed by atoms with Gasteiger partial charge in [0, 0.05) is 12.1 Å². The van der Waals surface area contributed by atoms with Gasteiger partial charge < -0.3 is 0 Å². The number of rotatable bonds is 2. The summed E-state index contributed by atoms with van der Waals surface area (Å²) < 4.78 is 1.52. The van der Waals surface area contributed by atoms with E-state index in [1.807, 2.05) is 19.9 Å². The summed E-state index contributed by atoms with van der Waals surface area (Å²) in [7, 11) is 0. The van der Waals surface area contributed by atoms with Gasteiger partial charge in [-0.1, -0.05) is 13.8 Å². The van der Waals surface area contributed by atoms with E-state index in [0.717, 1.165) is 11.3 Å². The van der Waals surface area contributed by atoms with Gasteiger partial charge in [0.1, 0.15) is 0 Å². The first-order chi connectivity index (χ1) is 6.06. The van der Waals surface area contributed by atoms with Crippen LogP contribution < -0.4 is 5.56 Å². The molecule has 0 radical (unpaired) electrons. The molecule has 0 fully saturated rings. The van der Waals surface area contributed by atoms with Crippen LogP contribution in [0.3, 0.4) is 0 Å². The summed E-state index contributed by atoms with van der Waals surface area (Å²) in [5.74, 6) is 0.372. The third-order valence-electron chi connectivity index (χ3n) is 2.06. The van der Waals surface area contributed by atoms with Gasteiger partial charge in [-0.05, 0) is 25.8 Å². The first-order valence-electron chi connectivity index (χ1n) is 4.65. The van der Waals surface area contributed by atoms with Gasteiger partial charge >= 0.3 is 0 Å². The third kappa shape index (κ3) is 1.97. The molecular weight excluding hydrogens is 164 g/mol. The predicted octanol–water partition coefficient (Wildman–Crippen LogP) is 1.70. The largest absolute Gasteiger partial charge is 0.269 e. The molecule has 0 saturated heterocycles. The molecule has 0 atom stereocenters. The SMILES string of the molecule is CCn1nc(C(C)C)cc(C)c1=O.